The zero-order chi connectivity index (χ0) is 28.8. The number of carbonyl (C=O) groups excluding carboxylic acids is 3. The molecule has 2 N–H and O–H groups in total. The Balaban J connectivity index is 1.75. The molecule has 7 heteroatoms. The molecule has 0 aromatic carbocycles. The average Bonchev–Trinajstić information content (AvgIpc) is 3.32. The second kappa shape index (κ2) is 10.7. The lowest BCUT2D eigenvalue weighted by Gasteiger charge is -2.51. The van der Waals surface area contributed by atoms with E-state index in [0.717, 1.165) is 12.8 Å². The topological polar surface area (TPSA) is 110 Å². The number of carbonyl (C=O) groups is 3. The Morgan fingerprint density at radius 3 is 2.46 bits per heavy atom. The van der Waals surface area contributed by atoms with E-state index in [9.17, 15) is 24.6 Å². The number of unbranched alkanes of at least 4 members (excludes halogenated alkanes) is 1. The summed E-state index contributed by atoms with van der Waals surface area (Å²) in [6, 6.07) is 0. The fraction of sp³-hybridized carbons (Fsp3) is 0.594. The average molecular weight is 539 g/mol. The summed E-state index contributed by atoms with van der Waals surface area (Å²) in [5.41, 5.74) is -2.12. The highest BCUT2D eigenvalue weighted by Gasteiger charge is 2.88. The molecule has 7 nitrogen and oxygen atoms in total. The van der Waals surface area contributed by atoms with Gasteiger partial charge in [0.15, 0.2) is 5.78 Å². The minimum absolute atomic E-state index is 0.0429. The third-order valence-corrected chi connectivity index (χ3v) is 9.81. The fourth-order valence-corrected chi connectivity index (χ4v) is 7.99. The largest absolute Gasteiger partial charge is 0.461 e. The van der Waals surface area contributed by atoms with Crippen molar-refractivity contribution in [2.75, 3.05) is 6.61 Å². The van der Waals surface area contributed by atoms with Crippen LogP contribution in [0, 0.1) is 40.4 Å². The molecule has 4 rings (SSSR count). The van der Waals surface area contributed by atoms with Gasteiger partial charge < -0.3 is 19.7 Å². The molecule has 0 saturated heterocycles. The Bertz CT molecular complexity index is 1170. The maximum atomic E-state index is 13.9. The number of aliphatic hydroxyl groups excluding tert-OH is 1. The minimum atomic E-state index is -1.47. The third kappa shape index (κ3) is 4.38. The summed E-state index contributed by atoms with van der Waals surface area (Å²) >= 11 is 0. The van der Waals surface area contributed by atoms with Gasteiger partial charge >= 0.3 is 11.9 Å². The first-order valence-electron chi connectivity index (χ1n) is 14.0. The van der Waals surface area contributed by atoms with E-state index >= 15 is 0 Å². The highest BCUT2D eigenvalue weighted by Crippen LogP contribution is 2.80. The van der Waals surface area contributed by atoms with Gasteiger partial charge in [-0.15, -0.1) is 0 Å². The highest BCUT2D eigenvalue weighted by molar-refractivity contribution is 6.00. The predicted octanol–water partition coefficient (Wildman–Crippen LogP) is 4.61. The van der Waals surface area contributed by atoms with Gasteiger partial charge in [0.1, 0.15) is 11.5 Å². The van der Waals surface area contributed by atoms with Gasteiger partial charge in [0.25, 0.3) is 0 Å². The van der Waals surface area contributed by atoms with Crippen LogP contribution in [0.2, 0.25) is 0 Å². The van der Waals surface area contributed by atoms with Crippen molar-refractivity contribution in [3.05, 3.63) is 59.9 Å². The van der Waals surface area contributed by atoms with Crippen molar-refractivity contribution in [1.29, 1.82) is 0 Å². The second-order valence-corrected chi connectivity index (χ2v) is 12.2. The summed E-state index contributed by atoms with van der Waals surface area (Å²) in [7, 11) is 0. The number of hydrogen-bond donors (Lipinski definition) is 2. The molecule has 0 aliphatic heterocycles. The van der Waals surface area contributed by atoms with Gasteiger partial charge in [0.05, 0.1) is 18.5 Å². The molecule has 4 aliphatic carbocycles. The van der Waals surface area contributed by atoms with E-state index in [1.54, 1.807) is 26.0 Å². The van der Waals surface area contributed by atoms with Crippen molar-refractivity contribution >= 4 is 17.7 Å². The maximum Gasteiger partial charge on any atom is 0.321 e. The van der Waals surface area contributed by atoms with Crippen LogP contribution in [-0.2, 0) is 23.9 Å². The molecule has 2 saturated carbocycles. The lowest BCUT2D eigenvalue weighted by molar-refractivity contribution is -0.201. The molecule has 0 amide bonds. The van der Waals surface area contributed by atoms with E-state index in [1.165, 1.54) is 13.2 Å². The summed E-state index contributed by atoms with van der Waals surface area (Å²) in [6.07, 6.45) is 15.7. The first-order chi connectivity index (χ1) is 18.4. The van der Waals surface area contributed by atoms with Crippen LogP contribution in [0.5, 0.6) is 0 Å². The third-order valence-electron chi connectivity index (χ3n) is 9.81. The smallest absolute Gasteiger partial charge is 0.321 e. The van der Waals surface area contributed by atoms with Crippen molar-refractivity contribution in [2.24, 2.45) is 40.4 Å². The van der Waals surface area contributed by atoms with Gasteiger partial charge in [-0.3, -0.25) is 14.4 Å². The van der Waals surface area contributed by atoms with E-state index in [1.807, 2.05) is 38.2 Å². The molecule has 39 heavy (non-hydrogen) atoms. The SMILES string of the molecule is CCC\C=C/C=C/C=C\OC(=O)[C@@]12[C@H](OC(C)=O)[C@@H](C)[C@@]3(O)[C@@H](C=C(CO)C[C@H]4C(=O)C(C)=C[C@@H]43)[C@@H]1C2(C)C. The number of esters is 2. The van der Waals surface area contributed by atoms with Gasteiger partial charge in [-0.25, -0.2) is 0 Å². The number of ketones is 1. The van der Waals surface area contributed by atoms with Crippen LogP contribution in [0.1, 0.15) is 60.8 Å². The van der Waals surface area contributed by atoms with Crippen LogP contribution >= 0.6 is 0 Å². The molecule has 212 valence electrons. The monoisotopic (exact) mass is 538 g/mol. The van der Waals surface area contributed by atoms with Crippen LogP contribution in [-0.4, -0.2) is 46.2 Å². The maximum absolute atomic E-state index is 13.9. The highest BCUT2D eigenvalue weighted by atomic mass is 16.6. The first-order valence-corrected chi connectivity index (χ1v) is 14.0. The molecule has 0 aromatic rings. The summed E-state index contributed by atoms with van der Waals surface area (Å²) in [6.45, 7) is 10.6. The van der Waals surface area contributed by atoms with Gasteiger partial charge in [0.2, 0.25) is 0 Å². The normalized spacial score (nSPS) is 38.6. The Labute approximate surface area is 231 Å². The Kier molecular flexibility index (Phi) is 7.99. The fourth-order valence-electron chi connectivity index (χ4n) is 7.99. The summed E-state index contributed by atoms with van der Waals surface area (Å²) in [4.78, 5) is 39.4. The zero-order valence-corrected chi connectivity index (χ0v) is 23.8. The standard InChI is InChI=1S/C32H42O7/c1-7-8-9-10-11-12-13-14-38-29(36)31-27(30(31,5)6)25-17-22(18-33)16-23-24(15-19(2)26(23)35)32(25,37)20(3)28(31)39-21(4)34/h9-15,17,20,23-25,27-28,33,37H,7-8,16,18H2,1-6H3/b10-9-,12-11+,14-13-/t20-,23-,24+,25+,27-,28-,31+,32+/m1/s1. The molecule has 0 radical (unpaired) electrons. The number of fused-ring (bicyclic) bond motifs is 5. The van der Waals surface area contributed by atoms with Crippen LogP contribution in [0.4, 0.5) is 0 Å². The molecule has 0 bridgehead atoms. The summed E-state index contributed by atoms with van der Waals surface area (Å²) in [5, 5.41) is 22.8. The lowest BCUT2D eigenvalue weighted by atomic mass is 9.58. The van der Waals surface area contributed by atoms with E-state index < -0.39 is 64.1 Å². The first kappa shape index (κ1) is 29.2. The molecule has 0 aromatic heterocycles. The Morgan fingerprint density at radius 1 is 1.13 bits per heavy atom. The zero-order valence-electron chi connectivity index (χ0n) is 23.8. The van der Waals surface area contributed by atoms with E-state index in [0.29, 0.717) is 17.6 Å². The number of allylic oxidation sites excluding steroid dienone is 6. The number of aliphatic hydroxyl groups is 2. The molecular formula is C32H42O7. The quantitative estimate of drug-likeness (QED) is 0.201. The molecule has 2 fully saturated rings. The predicted molar refractivity (Wildman–Crippen MR) is 147 cm³/mol. The molecule has 0 unspecified atom stereocenters. The van der Waals surface area contributed by atoms with Crippen molar-refractivity contribution in [1.82, 2.24) is 0 Å². The van der Waals surface area contributed by atoms with Gasteiger partial charge in [0, 0.05) is 30.6 Å². The lowest BCUT2D eigenvalue weighted by Crippen LogP contribution is -2.62. The van der Waals surface area contributed by atoms with Crippen LogP contribution < -0.4 is 0 Å². The Morgan fingerprint density at radius 2 is 1.82 bits per heavy atom. The van der Waals surface area contributed by atoms with Gasteiger partial charge in [-0.1, -0.05) is 70.6 Å². The number of hydrogen-bond acceptors (Lipinski definition) is 7. The molecule has 4 aliphatic rings. The molecule has 0 heterocycles. The minimum Gasteiger partial charge on any atom is -0.461 e. The molecular weight excluding hydrogens is 496 g/mol. The van der Waals surface area contributed by atoms with Crippen LogP contribution in [0.15, 0.2) is 59.9 Å². The Hall–Kier alpha value is -2.77. The van der Waals surface area contributed by atoms with E-state index in [2.05, 4.69) is 13.0 Å². The van der Waals surface area contributed by atoms with Crippen molar-refractivity contribution in [3.8, 4) is 0 Å². The summed E-state index contributed by atoms with van der Waals surface area (Å²) < 4.78 is 11.6. The van der Waals surface area contributed by atoms with Gasteiger partial charge in [-0.2, -0.15) is 0 Å². The molecule has 0 spiro atoms. The van der Waals surface area contributed by atoms with Crippen molar-refractivity contribution in [2.45, 2.75) is 72.5 Å². The second-order valence-electron chi connectivity index (χ2n) is 12.2. The summed E-state index contributed by atoms with van der Waals surface area (Å²) in [5.74, 6) is -3.83. The van der Waals surface area contributed by atoms with Gasteiger partial charge in [-0.05, 0) is 48.3 Å². The van der Waals surface area contributed by atoms with Crippen molar-refractivity contribution < 1.29 is 34.1 Å². The number of ether oxygens (including phenoxy) is 2. The van der Waals surface area contributed by atoms with Crippen molar-refractivity contribution in [3.63, 3.8) is 0 Å². The molecule has 8 atom stereocenters. The van der Waals surface area contributed by atoms with Crippen LogP contribution in [0.25, 0.3) is 0 Å². The van der Waals surface area contributed by atoms with Crippen LogP contribution in [0.3, 0.4) is 0 Å². The van der Waals surface area contributed by atoms with E-state index in [4.69, 9.17) is 9.47 Å². The van der Waals surface area contributed by atoms with E-state index in [-0.39, 0.29) is 12.4 Å². The number of Topliss-reactive ketones (excluding diaryl/α,β-unsaturated/α-hetero) is 1. The number of rotatable bonds is 8.